The van der Waals surface area contributed by atoms with Crippen molar-refractivity contribution >= 4 is 29.1 Å². The molecule has 0 radical (unpaired) electrons. The third-order valence-electron chi connectivity index (χ3n) is 4.69. The molecular formula is C21H20ClNO6. The number of Topliss-reactive ketones (excluding diaryl/α,β-unsaturated/α-hetero) is 1. The fourth-order valence-electron chi connectivity index (χ4n) is 3.30. The van der Waals surface area contributed by atoms with E-state index in [-0.39, 0.29) is 35.1 Å². The maximum absolute atomic E-state index is 12.8. The number of rotatable bonds is 6. The number of carbonyl (C=O) groups is 2. The molecular weight excluding hydrogens is 398 g/mol. The van der Waals surface area contributed by atoms with E-state index in [9.17, 15) is 19.8 Å². The van der Waals surface area contributed by atoms with Crippen LogP contribution in [0.15, 0.2) is 48.0 Å². The molecule has 0 saturated carbocycles. The minimum absolute atomic E-state index is 0.0285. The van der Waals surface area contributed by atoms with E-state index in [1.807, 2.05) is 0 Å². The van der Waals surface area contributed by atoms with E-state index in [4.69, 9.17) is 21.1 Å². The lowest BCUT2D eigenvalue weighted by molar-refractivity contribution is -0.140. The molecule has 1 aliphatic rings. The second kappa shape index (κ2) is 8.55. The Labute approximate surface area is 172 Å². The van der Waals surface area contributed by atoms with Gasteiger partial charge in [0.25, 0.3) is 11.7 Å². The average molecular weight is 418 g/mol. The molecule has 1 aliphatic heterocycles. The highest BCUT2D eigenvalue weighted by Crippen LogP contribution is 2.41. The first kappa shape index (κ1) is 20.7. The number of aliphatic hydroxyl groups excluding tert-OH is 1. The van der Waals surface area contributed by atoms with Gasteiger partial charge < -0.3 is 24.6 Å². The summed E-state index contributed by atoms with van der Waals surface area (Å²) in [5, 5.41) is 21.1. The number of halogens is 1. The van der Waals surface area contributed by atoms with Crippen LogP contribution >= 0.6 is 11.6 Å². The fourth-order valence-corrected chi connectivity index (χ4v) is 3.51. The van der Waals surface area contributed by atoms with E-state index in [0.717, 1.165) is 0 Å². The van der Waals surface area contributed by atoms with Crippen LogP contribution in [-0.2, 0) is 14.3 Å². The smallest absolute Gasteiger partial charge is 0.295 e. The number of hydrogen-bond acceptors (Lipinski definition) is 6. The first-order valence-electron chi connectivity index (χ1n) is 8.79. The largest absolute Gasteiger partial charge is 0.508 e. The van der Waals surface area contributed by atoms with Crippen LogP contribution in [0.4, 0.5) is 0 Å². The van der Waals surface area contributed by atoms with Crippen molar-refractivity contribution in [1.29, 1.82) is 0 Å². The van der Waals surface area contributed by atoms with E-state index in [1.54, 1.807) is 18.2 Å². The number of amides is 1. The number of benzene rings is 2. The van der Waals surface area contributed by atoms with Crippen LogP contribution in [0.3, 0.4) is 0 Å². The van der Waals surface area contributed by atoms with E-state index in [0.29, 0.717) is 11.3 Å². The van der Waals surface area contributed by atoms with E-state index < -0.39 is 23.5 Å². The molecule has 1 unspecified atom stereocenters. The number of aliphatic hydroxyl groups is 1. The molecule has 1 atom stereocenters. The molecule has 1 amide bonds. The van der Waals surface area contributed by atoms with Crippen LogP contribution in [0.2, 0.25) is 5.02 Å². The molecule has 2 N–H and O–H groups in total. The summed E-state index contributed by atoms with van der Waals surface area (Å²) in [7, 11) is 2.94. The normalized spacial score (nSPS) is 18.3. The average Bonchev–Trinajstić information content (AvgIpc) is 2.96. The zero-order valence-electron chi connectivity index (χ0n) is 15.9. The number of likely N-dealkylation sites (tertiary alicyclic amines) is 1. The Kier molecular flexibility index (Phi) is 6.10. The first-order chi connectivity index (χ1) is 13.9. The zero-order chi connectivity index (χ0) is 21.1. The van der Waals surface area contributed by atoms with Crippen molar-refractivity contribution in [2.24, 2.45) is 0 Å². The molecule has 2 aromatic carbocycles. The predicted molar refractivity (Wildman–Crippen MR) is 107 cm³/mol. The number of carbonyl (C=O) groups excluding carboxylic acids is 2. The number of phenolic OH excluding ortho intramolecular Hbond substituents is 1. The highest BCUT2D eigenvalue weighted by Gasteiger charge is 2.46. The standard InChI is InChI=1S/C21H20ClNO6/c1-28-9-8-23-18(12-4-3-5-13(24)10-12)17(20(26)21(23)27)19(25)15-11-14(29-2)6-7-16(15)22/h3-7,10-11,18,24-25H,8-9H2,1-2H3/b19-17+. The summed E-state index contributed by atoms with van der Waals surface area (Å²) in [6.07, 6.45) is 0. The molecule has 0 bridgehead atoms. The van der Waals surface area contributed by atoms with Gasteiger partial charge in [-0.1, -0.05) is 23.7 Å². The van der Waals surface area contributed by atoms with Gasteiger partial charge in [0.05, 0.1) is 30.4 Å². The summed E-state index contributed by atoms with van der Waals surface area (Å²) in [6, 6.07) is 9.90. The van der Waals surface area contributed by atoms with Crippen molar-refractivity contribution in [2.75, 3.05) is 27.4 Å². The monoisotopic (exact) mass is 417 g/mol. The van der Waals surface area contributed by atoms with Gasteiger partial charge in [-0.2, -0.15) is 0 Å². The maximum atomic E-state index is 12.8. The lowest BCUT2D eigenvalue weighted by Crippen LogP contribution is -2.32. The SMILES string of the molecule is COCCN1C(=O)C(=O)/C(=C(/O)c2cc(OC)ccc2Cl)C1c1cccc(O)c1. The summed E-state index contributed by atoms with van der Waals surface area (Å²) in [5.41, 5.74) is 0.522. The van der Waals surface area contributed by atoms with Gasteiger partial charge >= 0.3 is 0 Å². The minimum atomic E-state index is -0.903. The second-order valence-corrected chi connectivity index (χ2v) is 6.83. The Balaban J connectivity index is 2.22. The number of aromatic hydroxyl groups is 1. The van der Waals surface area contributed by atoms with Crippen LogP contribution in [-0.4, -0.2) is 54.2 Å². The Morgan fingerprint density at radius 1 is 1.17 bits per heavy atom. The van der Waals surface area contributed by atoms with Crippen molar-refractivity contribution in [3.05, 3.63) is 64.2 Å². The Hall–Kier alpha value is -3.03. The van der Waals surface area contributed by atoms with E-state index >= 15 is 0 Å². The summed E-state index contributed by atoms with van der Waals surface area (Å²) in [5.74, 6) is -1.62. The number of nitrogens with zero attached hydrogens (tertiary/aromatic N) is 1. The van der Waals surface area contributed by atoms with Gasteiger partial charge in [-0.15, -0.1) is 0 Å². The number of ketones is 1. The molecule has 1 saturated heterocycles. The lowest BCUT2D eigenvalue weighted by atomic mass is 9.95. The summed E-state index contributed by atoms with van der Waals surface area (Å²) >= 11 is 6.23. The van der Waals surface area contributed by atoms with Gasteiger partial charge in [0, 0.05) is 19.2 Å². The van der Waals surface area contributed by atoms with Crippen LogP contribution in [0, 0.1) is 0 Å². The van der Waals surface area contributed by atoms with Crippen LogP contribution in [0.5, 0.6) is 11.5 Å². The van der Waals surface area contributed by atoms with Crippen molar-refractivity contribution in [3.63, 3.8) is 0 Å². The third kappa shape index (κ3) is 3.92. The molecule has 8 heteroatoms. The van der Waals surface area contributed by atoms with Gasteiger partial charge in [0.1, 0.15) is 17.3 Å². The van der Waals surface area contributed by atoms with Crippen LogP contribution < -0.4 is 4.74 Å². The maximum Gasteiger partial charge on any atom is 0.295 e. The number of methoxy groups -OCH3 is 2. The van der Waals surface area contributed by atoms with Crippen LogP contribution in [0.25, 0.3) is 5.76 Å². The van der Waals surface area contributed by atoms with Gasteiger partial charge in [0.2, 0.25) is 0 Å². The highest BCUT2D eigenvalue weighted by atomic mass is 35.5. The molecule has 0 aromatic heterocycles. The van der Waals surface area contributed by atoms with Gasteiger partial charge in [-0.05, 0) is 35.9 Å². The summed E-state index contributed by atoms with van der Waals surface area (Å²) < 4.78 is 10.2. The van der Waals surface area contributed by atoms with Gasteiger partial charge in [-0.25, -0.2) is 0 Å². The third-order valence-corrected chi connectivity index (χ3v) is 5.02. The van der Waals surface area contributed by atoms with Crippen molar-refractivity contribution < 1.29 is 29.3 Å². The lowest BCUT2D eigenvalue weighted by Gasteiger charge is -2.25. The molecule has 2 aromatic rings. The first-order valence-corrected chi connectivity index (χ1v) is 9.17. The Morgan fingerprint density at radius 2 is 1.93 bits per heavy atom. The molecule has 3 rings (SSSR count). The highest BCUT2D eigenvalue weighted by molar-refractivity contribution is 6.47. The van der Waals surface area contributed by atoms with Crippen molar-refractivity contribution in [2.45, 2.75) is 6.04 Å². The van der Waals surface area contributed by atoms with Gasteiger partial charge in [-0.3, -0.25) is 9.59 Å². The second-order valence-electron chi connectivity index (χ2n) is 6.43. The molecule has 7 nitrogen and oxygen atoms in total. The van der Waals surface area contributed by atoms with E-state index in [2.05, 4.69) is 0 Å². The van der Waals surface area contributed by atoms with Crippen LogP contribution in [0.1, 0.15) is 17.2 Å². The summed E-state index contributed by atoms with van der Waals surface area (Å²) in [6.45, 7) is 0.326. The Bertz CT molecular complexity index is 987. The molecule has 1 fully saturated rings. The number of phenols is 1. The quantitative estimate of drug-likeness (QED) is 0.426. The molecule has 0 aliphatic carbocycles. The van der Waals surface area contributed by atoms with Crippen molar-refractivity contribution in [1.82, 2.24) is 4.90 Å². The predicted octanol–water partition coefficient (Wildman–Crippen LogP) is 3.12. The van der Waals surface area contributed by atoms with Crippen molar-refractivity contribution in [3.8, 4) is 11.5 Å². The summed E-state index contributed by atoms with van der Waals surface area (Å²) in [4.78, 5) is 26.8. The Morgan fingerprint density at radius 3 is 2.59 bits per heavy atom. The minimum Gasteiger partial charge on any atom is -0.508 e. The topological polar surface area (TPSA) is 96.3 Å². The number of ether oxygens (including phenoxy) is 2. The van der Waals surface area contributed by atoms with E-state index in [1.165, 1.54) is 43.4 Å². The molecule has 0 spiro atoms. The fraction of sp³-hybridized carbons (Fsp3) is 0.238. The zero-order valence-corrected chi connectivity index (χ0v) is 16.6. The molecule has 29 heavy (non-hydrogen) atoms. The molecule has 1 heterocycles. The molecule has 152 valence electrons. The number of hydrogen-bond donors (Lipinski definition) is 2. The van der Waals surface area contributed by atoms with Gasteiger partial charge in [0.15, 0.2) is 0 Å².